The van der Waals surface area contributed by atoms with E-state index in [9.17, 15) is 18.4 Å². The Morgan fingerprint density at radius 3 is 1.32 bits per heavy atom. The number of fused-ring (bicyclic) bond motifs is 6. The fourth-order valence-corrected chi connectivity index (χ4v) is 7.83. The van der Waals surface area contributed by atoms with Crippen LogP contribution in [-0.4, -0.2) is 9.13 Å². The van der Waals surface area contributed by atoms with Crippen molar-refractivity contribution in [2.24, 2.45) is 0 Å². The minimum absolute atomic E-state index is 0.121. The van der Waals surface area contributed by atoms with Gasteiger partial charge < -0.3 is 9.13 Å². The van der Waals surface area contributed by atoms with E-state index >= 15 is 0 Å². The van der Waals surface area contributed by atoms with Gasteiger partial charge >= 0.3 is 6.18 Å². The maximum Gasteiger partial charge on any atom is 0.415 e. The van der Waals surface area contributed by atoms with E-state index in [0.29, 0.717) is 16.9 Å². The van der Waals surface area contributed by atoms with Gasteiger partial charge in [-0.2, -0.15) is 18.4 Å². The van der Waals surface area contributed by atoms with E-state index < -0.39 is 11.7 Å². The highest BCUT2D eigenvalue weighted by molar-refractivity contribution is 6.14. The molecule has 0 aliphatic carbocycles. The Labute approximate surface area is 286 Å². The van der Waals surface area contributed by atoms with E-state index in [4.69, 9.17) is 6.57 Å². The number of nitriles is 1. The average molecular weight is 659 g/mol. The van der Waals surface area contributed by atoms with Crippen LogP contribution in [0, 0.1) is 45.6 Å². The molecule has 0 saturated carbocycles. The van der Waals surface area contributed by atoms with Crippen molar-refractivity contribution in [3.8, 4) is 28.6 Å². The standard InChI is InChI=1S/C43H29F3N4/c1-24-11-6-17-32-38(24)39-25(2)12-7-18-33(39)49(32)36-21-28(42-30(43(44,45)46)15-10-16-31(42)48-5)22-37(29(36)23-47)50-34-19-8-13-26(3)40(34)41-27(4)14-9-20-35(41)50/h6-22H,1-4H3. The number of aryl methyl sites for hydroxylation is 4. The zero-order valence-corrected chi connectivity index (χ0v) is 27.7. The molecule has 242 valence electrons. The number of hydrogen-bond donors (Lipinski definition) is 0. The number of benzene rings is 6. The summed E-state index contributed by atoms with van der Waals surface area (Å²) in [5.41, 5.74) is 7.60. The first-order chi connectivity index (χ1) is 24.0. The Balaban J connectivity index is 1.64. The van der Waals surface area contributed by atoms with Crippen LogP contribution < -0.4 is 0 Å². The van der Waals surface area contributed by atoms with E-state index in [-0.39, 0.29) is 16.8 Å². The molecule has 4 nitrogen and oxygen atoms in total. The first kappa shape index (κ1) is 31.0. The molecule has 0 N–H and O–H groups in total. The molecule has 0 unspecified atom stereocenters. The zero-order chi connectivity index (χ0) is 35.1. The number of rotatable bonds is 3. The van der Waals surface area contributed by atoms with Crippen molar-refractivity contribution in [3.63, 3.8) is 0 Å². The Bertz CT molecular complexity index is 2550. The molecule has 8 aromatic rings. The highest BCUT2D eigenvalue weighted by Crippen LogP contribution is 2.46. The van der Waals surface area contributed by atoms with Crippen LogP contribution in [0.25, 0.3) is 71.0 Å². The Morgan fingerprint density at radius 1 is 0.600 bits per heavy atom. The Kier molecular flexibility index (Phi) is 6.89. The van der Waals surface area contributed by atoms with E-state index in [2.05, 4.69) is 10.9 Å². The summed E-state index contributed by atoms with van der Waals surface area (Å²) in [7, 11) is 0. The van der Waals surface area contributed by atoms with Crippen LogP contribution in [-0.2, 0) is 6.18 Å². The van der Waals surface area contributed by atoms with Crippen molar-refractivity contribution in [1.29, 1.82) is 5.26 Å². The summed E-state index contributed by atoms with van der Waals surface area (Å²) in [6, 6.07) is 33.4. The number of alkyl halides is 3. The first-order valence-corrected chi connectivity index (χ1v) is 16.2. The molecule has 0 atom stereocenters. The fourth-order valence-electron chi connectivity index (χ4n) is 7.83. The topological polar surface area (TPSA) is 38.0 Å². The molecule has 0 radical (unpaired) electrons. The molecular formula is C43H29F3N4. The van der Waals surface area contributed by atoms with Crippen LogP contribution in [0.2, 0.25) is 0 Å². The van der Waals surface area contributed by atoms with Gasteiger partial charge in [0.1, 0.15) is 11.6 Å². The first-order valence-electron chi connectivity index (χ1n) is 16.2. The molecule has 8 rings (SSSR count). The summed E-state index contributed by atoms with van der Waals surface area (Å²) in [4.78, 5) is 3.57. The molecule has 0 fully saturated rings. The van der Waals surface area contributed by atoms with Crippen LogP contribution in [0.1, 0.15) is 33.4 Å². The summed E-state index contributed by atoms with van der Waals surface area (Å²) in [5.74, 6) is 0. The van der Waals surface area contributed by atoms with E-state index in [1.165, 1.54) is 12.1 Å². The summed E-state index contributed by atoms with van der Waals surface area (Å²) in [6.07, 6.45) is -4.73. The zero-order valence-electron chi connectivity index (χ0n) is 27.7. The summed E-state index contributed by atoms with van der Waals surface area (Å²) >= 11 is 0. The summed E-state index contributed by atoms with van der Waals surface area (Å²) < 4.78 is 48.4. The van der Waals surface area contributed by atoms with Gasteiger partial charge in [-0.25, -0.2) is 4.85 Å². The maximum absolute atomic E-state index is 14.8. The van der Waals surface area contributed by atoms with Gasteiger partial charge in [0.2, 0.25) is 0 Å². The number of hydrogen-bond acceptors (Lipinski definition) is 1. The second-order valence-electron chi connectivity index (χ2n) is 12.9. The number of halogens is 3. The molecule has 50 heavy (non-hydrogen) atoms. The Morgan fingerprint density at radius 2 is 0.980 bits per heavy atom. The third kappa shape index (κ3) is 4.37. The van der Waals surface area contributed by atoms with Crippen LogP contribution in [0.3, 0.4) is 0 Å². The highest BCUT2D eigenvalue weighted by atomic mass is 19.4. The van der Waals surface area contributed by atoms with Crippen molar-refractivity contribution in [2.45, 2.75) is 33.9 Å². The molecule has 7 heteroatoms. The van der Waals surface area contributed by atoms with Gasteiger partial charge in [-0.05, 0) is 97.5 Å². The molecule has 0 aliphatic rings. The third-order valence-electron chi connectivity index (χ3n) is 9.91. The van der Waals surface area contributed by atoms with Crippen molar-refractivity contribution in [1.82, 2.24) is 9.13 Å². The highest BCUT2D eigenvalue weighted by Gasteiger charge is 2.35. The smallest absolute Gasteiger partial charge is 0.308 e. The average Bonchev–Trinajstić information content (AvgIpc) is 3.63. The van der Waals surface area contributed by atoms with Gasteiger partial charge in [0.15, 0.2) is 5.69 Å². The molecule has 0 amide bonds. The normalized spacial score (nSPS) is 11.9. The molecule has 0 saturated heterocycles. The minimum Gasteiger partial charge on any atom is -0.308 e. The second kappa shape index (κ2) is 11.1. The van der Waals surface area contributed by atoms with E-state index in [0.717, 1.165) is 71.9 Å². The van der Waals surface area contributed by atoms with Gasteiger partial charge in [-0.1, -0.05) is 66.7 Å². The Hall–Kier alpha value is -6.31. The molecule has 0 spiro atoms. The SMILES string of the molecule is [C-]#[N+]c1cccc(C(F)(F)F)c1-c1cc(-n2c3cccc(C)c3c3c(C)cccc32)c(C#N)c(-n2c3cccc(C)c3c3c(C)cccc32)c1. The van der Waals surface area contributed by atoms with Crippen LogP contribution >= 0.6 is 0 Å². The minimum atomic E-state index is -4.73. The molecule has 2 heterocycles. The quantitative estimate of drug-likeness (QED) is 0.174. The number of aromatic nitrogens is 2. The summed E-state index contributed by atoms with van der Waals surface area (Å²) in [5, 5.41) is 15.2. The fraction of sp³-hybridized carbons (Fsp3) is 0.116. The molecule has 2 aromatic heterocycles. The van der Waals surface area contributed by atoms with Crippen LogP contribution in [0.15, 0.2) is 103 Å². The lowest BCUT2D eigenvalue weighted by Gasteiger charge is -2.21. The summed E-state index contributed by atoms with van der Waals surface area (Å²) in [6.45, 7) is 16.1. The predicted molar refractivity (Wildman–Crippen MR) is 195 cm³/mol. The molecule has 6 aromatic carbocycles. The third-order valence-corrected chi connectivity index (χ3v) is 9.91. The molecule has 0 aliphatic heterocycles. The van der Waals surface area contributed by atoms with Gasteiger partial charge in [-0.15, -0.1) is 0 Å². The van der Waals surface area contributed by atoms with Crippen molar-refractivity contribution < 1.29 is 13.2 Å². The van der Waals surface area contributed by atoms with Crippen molar-refractivity contribution in [2.75, 3.05) is 0 Å². The lowest BCUT2D eigenvalue weighted by molar-refractivity contribution is -0.137. The monoisotopic (exact) mass is 658 g/mol. The van der Waals surface area contributed by atoms with Crippen molar-refractivity contribution in [3.05, 3.63) is 148 Å². The lowest BCUT2D eigenvalue weighted by atomic mass is 9.94. The van der Waals surface area contributed by atoms with Gasteiger partial charge in [-0.3, -0.25) is 0 Å². The molecule has 0 bridgehead atoms. The van der Waals surface area contributed by atoms with Gasteiger partial charge in [0.05, 0.1) is 45.6 Å². The van der Waals surface area contributed by atoms with Crippen LogP contribution in [0.4, 0.5) is 18.9 Å². The van der Waals surface area contributed by atoms with E-state index in [1.54, 1.807) is 12.1 Å². The van der Waals surface area contributed by atoms with Gasteiger partial charge in [0.25, 0.3) is 0 Å². The lowest BCUT2D eigenvalue weighted by Crippen LogP contribution is -2.09. The van der Waals surface area contributed by atoms with E-state index in [1.807, 2.05) is 110 Å². The predicted octanol–water partition coefficient (Wildman–Crippen LogP) is 12.2. The van der Waals surface area contributed by atoms with Crippen molar-refractivity contribution >= 4 is 49.3 Å². The molecular weight excluding hydrogens is 629 g/mol. The second-order valence-corrected chi connectivity index (χ2v) is 12.9. The largest absolute Gasteiger partial charge is 0.415 e. The maximum atomic E-state index is 14.8. The van der Waals surface area contributed by atoms with Gasteiger partial charge in [0, 0.05) is 21.5 Å². The number of nitrogens with zero attached hydrogens (tertiary/aromatic N) is 4. The van der Waals surface area contributed by atoms with Crippen LogP contribution in [0.5, 0.6) is 0 Å².